The molecule has 0 aromatic heterocycles. The van der Waals surface area contributed by atoms with Gasteiger partial charge in [-0.3, -0.25) is 14.7 Å². The van der Waals surface area contributed by atoms with Gasteiger partial charge in [0.25, 0.3) is 5.69 Å². The Morgan fingerprint density at radius 1 is 1.12 bits per heavy atom. The molecule has 2 rings (SSSR count). The largest absolute Gasteiger partial charge is 0.726 e. The third-order valence-electron chi connectivity index (χ3n) is 4.10. The summed E-state index contributed by atoms with van der Waals surface area (Å²) in [6.45, 7) is 4.13. The monoisotopic (exact) mass is 609 g/mol. The van der Waals surface area contributed by atoms with E-state index in [0.717, 1.165) is 17.6 Å². The highest BCUT2D eigenvalue weighted by Gasteiger charge is 2.14. The molecule has 1 atom stereocenters. The molecule has 0 aliphatic carbocycles. The van der Waals surface area contributed by atoms with Crippen LogP contribution in [0.1, 0.15) is 18.5 Å². The number of hydrogen-bond acceptors (Lipinski definition) is 8. The Balaban J connectivity index is 0.000000981. The molecule has 0 bridgehead atoms. The second-order valence-corrected chi connectivity index (χ2v) is 10.5. The van der Waals surface area contributed by atoms with Crippen molar-refractivity contribution in [1.82, 2.24) is 5.32 Å². The Bertz CT molecular complexity index is 1060. The first-order valence-electron chi connectivity index (χ1n) is 9.44. The zero-order chi connectivity index (χ0) is 25.4. The van der Waals surface area contributed by atoms with Crippen molar-refractivity contribution in [2.24, 2.45) is 10.2 Å². The maximum atomic E-state index is 10.9. The predicted octanol–water partition coefficient (Wildman–Crippen LogP) is 4.90. The van der Waals surface area contributed by atoms with Crippen LogP contribution in [0.25, 0.3) is 0 Å². The molecule has 0 radical (unpaired) electrons. The second kappa shape index (κ2) is 12.6. The van der Waals surface area contributed by atoms with Crippen LogP contribution in [0.4, 0.5) is 17.1 Å². The Morgan fingerprint density at radius 3 is 2.03 bits per heavy atom. The SMILES string of the molecule is CC(NCC[N+](C)(C)C)c1ccc(N=Nc2c(Br)cc([N+](=O)[O-])cc2Br)cc1.O=S(=O)([O-])O. The zero-order valence-corrected chi connectivity index (χ0v) is 22.4. The van der Waals surface area contributed by atoms with Gasteiger partial charge in [-0.2, -0.15) is 5.11 Å². The molecule has 0 amide bonds. The van der Waals surface area contributed by atoms with Crippen LogP contribution in [0.3, 0.4) is 0 Å². The highest BCUT2D eigenvalue weighted by Crippen LogP contribution is 2.38. The van der Waals surface area contributed by atoms with Gasteiger partial charge < -0.3 is 14.4 Å². The normalized spacial score (nSPS) is 12.8. The maximum absolute atomic E-state index is 10.9. The number of nitrogens with zero attached hydrogens (tertiary/aromatic N) is 4. The van der Waals surface area contributed by atoms with E-state index in [2.05, 4.69) is 75.5 Å². The summed E-state index contributed by atoms with van der Waals surface area (Å²) in [5.74, 6) is 0. The molecule has 33 heavy (non-hydrogen) atoms. The number of quaternary nitrogens is 1. The smallest absolute Gasteiger partial charge is 0.271 e. The van der Waals surface area contributed by atoms with Gasteiger partial charge in [-0.1, -0.05) is 12.1 Å². The molecule has 182 valence electrons. The van der Waals surface area contributed by atoms with Crippen LogP contribution in [0, 0.1) is 10.1 Å². The van der Waals surface area contributed by atoms with E-state index in [0.29, 0.717) is 20.3 Å². The van der Waals surface area contributed by atoms with E-state index in [9.17, 15) is 10.1 Å². The molecule has 0 saturated heterocycles. The van der Waals surface area contributed by atoms with E-state index < -0.39 is 15.3 Å². The lowest BCUT2D eigenvalue weighted by Gasteiger charge is -2.25. The molecule has 0 aliphatic heterocycles. The Hall–Kier alpha value is -1.81. The van der Waals surface area contributed by atoms with Crippen molar-refractivity contribution in [2.45, 2.75) is 13.0 Å². The number of halogens is 2. The quantitative estimate of drug-likeness (QED) is 0.107. The van der Waals surface area contributed by atoms with Gasteiger partial charge in [-0.05, 0) is 56.5 Å². The standard InChI is InChI=1S/C19H24Br2N5O2.H2O4S/c1-13(22-9-10-26(2,3)4)14-5-7-15(8-6-14)23-24-19-17(20)11-16(25(27)28)12-18(19)21;1-5(2,3)4/h5-8,11-13,22H,9-10H2,1-4H3;(H2,1,2,3,4)/q+1;/p-1. The van der Waals surface area contributed by atoms with Crippen molar-refractivity contribution in [2.75, 3.05) is 34.2 Å². The summed E-state index contributed by atoms with van der Waals surface area (Å²) in [7, 11) is 1.61. The minimum Gasteiger partial charge on any atom is -0.726 e. The first-order chi connectivity index (χ1) is 15.1. The van der Waals surface area contributed by atoms with E-state index >= 15 is 0 Å². The molecule has 11 nitrogen and oxygen atoms in total. The van der Waals surface area contributed by atoms with Gasteiger partial charge in [-0.25, -0.2) is 8.42 Å². The van der Waals surface area contributed by atoms with Gasteiger partial charge in [-0.15, -0.1) is 5.11 Å². The minimum atomic E-state index is -4.92. The average Bonchev–Trinajstić information content (AvgIpc) is 2.65. The van der Waals surface area contributed by atoms with E-state index in [1.165, 1.54) is 17.7 Å². The summed E-state index contributed by atoms with van der Waals surface area (Å²) in [5.41, 5.74) is 2.37. The van der Waals surface area contributed by atoms with Crippen molar-refractivity contribution in [1.29, 1.82) is 0 Å². The number of nitro benzene ring substituents is 1. The third-order valence-corrected chi connectivity index (χ3v) is 5.31. The molecule has 0 heterocycles. The summed E-state index contributed by atoms with van der Waals surface area (Å²) in [5, 5.41) is 22.9. The van der Waals surface area contributed by atoms with Crippen molar-refractivity contribution < 1.29 is 26.9 Å². The fourth-order valence-corrected chi connectivity index (χ4v) is 3.75. The first kappa shape index (κ1) is 29.2. The van der Waals surface area contributed by atoms with Gasteiger partial charge in [0.05, 0.1) is 47.2 Å². The van der Waals surface area contributed by atoms with Crippen LogP contribution in [-0.2, 0) is 10.4 Å². The molecule has 2 N–H and O–H groups in total. The molecular formula is C19H25Br2N5O6S. The Kier molecular flexibility index (Phi) is 11.2. The zero-order valence-electron chi connectivity index (χ0n) is 18.4. The Morgan fingerprint density at radius 2 is 1.61 bits per heavy atom. The summed E-state index contributed by atoms with van der Waals surface area (Å²) in [6.07, 6.45) is 0. The minimum absolute atomic E-state index is 0.0196. The molecular weight excluding hydrogens is 586 g/mol. The van der Waals surface area contributed by atoms with Crippen LogP contribution in [0.5, 0.6) is 0 Å². The highest BCUT2D eigenvalue weighted by atomic mass is 79.9. The number of likely N-dealkylation sites (N-methyl/N-ethyl adjacent to an activating group) is 1. The topological polar surface area (TPSA) is 157 Å². The fourth-order valence-electron chi connectivity index (χ4n) is 2.42. The van der Waals surface area contributed by atoms with Gasteiger partial charge in [0.15, 0.2) is 0 Å². The van der Waals surface area contributed by atoms with Gasteiger partial charge in [0.2, 0.25) is 10.4 Å². The number of hydrogen-bond donors (Lipinski definition) is 2. The van der Waals surface area contributed by atoms with E-state index in [1.807, 2.05) is 24.3 Å². The van der Waals surface area contributed by atoms with Crippen molar-refractivity contribution in [3.05, 3.63) is 61.0 Å². The Labute approximate surface area is 209 Å². The number of nitro groups is 1. The molecule has 1 unspecified atom stereocenters. The average molecular weight is 611 g/mol. The summed E-state index contributed by atoms with van der Waals surface area (Å²) >= 11 is 6.62. The van der Waals surface area contributed by atoms with Gasteiger partial charge in [0.1, 0.15) is 5.69 Å². The lowest BCUT2D eigenvalue weighted by molar-refractivity contribution is -0.869. The van der Waals surface area contributed by atoms with Gasteiger partial charge in [0, 0.05) is 24.7 Å². The summed E-state index contributed by atoms with van der Waals surface area (Å²) < 4.78 is 34.8. The van der Waals surface area contributed by atoms with E-state index in [-0.39, 0.29) is 11.7 Å². The van der Waals surface area contributed by atoms with Crippen LogP contribution >= 0.6 is 31.9 Å². The van der Waals surface area contributed by atoms with Crippen LogP contribution in [-0.4, -0.2) is 61.2 Å². The third kappa shape index (κ3) is 12.3. The molecule has 14 heteroatoms. The van der Waals surface area contributed by atoms with Crippen molar-refractivity contribution in [3.8, 4) is 0 Å². The van der Waals surface area contributed by atoms with E-state index in [4.69, 9.17) is 17.5 Å². The highest BCUT2D eigenvalue weighted by molar-refractivity contribution is 9.11. The molecule has 0 aliphatic rings. The predicted molar refractivity (Wildman–Crippen MR) is 131 cm³/mol. The van der Waals surface area contributed by atoms with Gasteiger partial charge >= 0.3 is 0 Å². The number of benzene rings is 2. The van der Waals surface area contributed by atoms with E-state index in [1.54, 1.807) is 0 Å². The molecule has 2 aromatic carbocycles. The molecule has 2 aromatic rings. The number of non-ortho nitro benzene ring substituents is 1. The molecule has 0 spiro atoms. The first-order valence-corrected chi connectivity index (χ1v) is 12.4. The van der Waals surface area contributed by atoms with Crippen molar-refractivity contribution in [3.63, 3.8) is 0 Å². The van der Waals surface area contributed by atoms with Crippen molar-refractivity contribution >= 4 is 59.3 Å². The number of rotatable bonds is 8. The summed E-state index contributed by atoms with van der Waals surface area (Å²) in [6, 6.07) is 10.9. The van der Waals surface area contributed by atoms with Crippen LogP contribution in [0.2, 0.25) is 0 Å². The maximum Gasteiger partial charge on any atom is 0.271 e. The fraction of sp³-hybridized carbons (Fsp3) is 0.368. The van der Waals surface area contributed by atoms with Crippen LogP contribution < -0.4 is 5.32 Å². The molecule has 0 saturated carbocycles. The lowest BCUT2D eigenvalue weighted by atomic mass is 10.1. The second-order valence-electron chi connectivity index (χ2n) is 7.92. The molecule has 0 fully saturated rings. The van der Waals surface area contributed by atoms with Crippen LogP contribution in [0.15, 0.2) is 55.6 Å². The summed E-state index contributed by atoms with van der Waals surface area (Å²) in [4.78, 5) is 10.4. The lowest BCUT2D eigenvalue weighted by Crippen LogP contribution is -2.40. The number of nitrogens with one attached hydrogen (secondary N) is 1. The number of azo groups is 1.